The first-order valence-corrected chi connectivity index (χ1v) is 9.63. The van der Waals surface area contributed by atoms with Crippen molar-refractivity contribution < 1.29 is 18.7 Å². The first-order valence-electron chi connectivity index (χ1n) is 9.63. The largest absolute Gasteiger partial charge is 0.334 e. The van der Waals surface area contributed by atoms with Gasteiger partial charge in [0.2, 0.25) is 12.3 Å². The van der Waals surface area contributed by atoms with Crippen molar-refractivity contribution >= 4 is 18.0 Å². The summed E-state index contributed by atoms with van der Waals surface area (Å²) in [7, 11) is 0. The van der Waals surface area contributed by atoms with Crippen LogP contribution >= 0.6 is 0 Å². The van der Waals surface area contributed by atoms with Crippen LogP contribution in [0.15, 0.2) is 78.9 Å². The van der Waals surface area contributed by atoms with Gasteiger partial charge in [-0.3, -0.25) is 9.59 Å². The van der Waals surface area contributed by atoms with Gasteiger partial charge in [-0.25, -0.2) is 4.39 Å². The molecule has 2 atom stereocenters. The highest BCUT2D eigenvalue weighted by Gasteiger charge is 2.47. The molecule has 150 valence electrons. The Balaban J connectivity index is 1.70. The first-order chi connectivity index (χ1) is 14.5. The highest BCUT2D eigenvalue weighted by atomic mass is 19.1. The Labute approximate surface area is 173 Å². The van der Waals surface area contributed by atoms with E-state index in [1.807, 2.05) is 37.3 Å². The molecule has 0 radical (unpaired) electrons. The number of rotatable bonds is 4. The number of nitrogens with zero attached hydrogens (tertiary/aromatic N) is 1. The van der Waals surface area contributed by atoms with E-state index >= 15 is 0 Å². The van der Waals surface area contributed by atoms with Crippen molar-refractivity contribution in [1.29, 1.82) is 0 Å². The van der Waals surface area contributed by atoms with Gasteiger partial charge < -0.3 is 5.32 Å². The van der Waals surface area contributed by atoms with Crippen LogP contribution in [0, 0.1) is 12.7 Å². The number of nitrogens with one attached hydrogen (secondary N) is 2. The molecule has 1 fully saturated rings. The van der Waals surface area contributed by atoms with Crippen LogP contribution in [0.2, 0.25) is 0 Å². The molecule has 30 heavy (non-hydrogen) atoms. The summed E-state index contributed by atoms with van der Waals surface area (Å²) in [6.07, 6.45) is 1.73. The summed E-state index contributed by atoms with van der Waals surface area (Å²) in [5.74, 6) is -0.972. The topological polar surface area (TPSA) is 61.2 Å². The molecule has 0 unspecified atom stereocenters. The van der Waals surface area contributed by atoms with E-state index in [0.29, 0.717) is 5.56 Å². The van der Waals surface area contributed by atoms with E-state index in [1.165, 1.54) is 12.1 Å². The maximum absolute atomic E-state index is 13.3. The summed E-state index contributed by atoms with van der Waals surface area (Å²) in [6.45, 7) is 1.99. The quantitative estimate of drug-likeness (QED) is 0.659. The number of benzene rings is 3. The minimum absolute atomic E-state index is 0.316. The molecule has 4 rings (SSSR count). The molecular weight excluding hydrogens is 381 g/mol. The van der Waals surface area contributed by atoms with Crippen LogP contribution in [0.4, 0.5) is 4.39 Å². The first kappa shape index (κ1) is 19.5. The van der Waals surface area contributed by atoms with Crippen molar-refractivity contribution in [2.24, 2.45) is 0 Å². The lowest BCUT2D eigenvalue weighted by Gasteiger charge is -2.15. The molecule has 0 bridgehead atoms. The molecule has 1 saturated heterocycles. The summed E-state index contributed by atoms with van der Waals surface area (Å²) in [5.41, 5.74) is 5.99. The summed E-state index contributed by atoms with van der Waals surface area (Å²) >= 11 is 0. The Morgan fingerprint density at radius 2 is 1.67 bits per heavy atom. The van der Waals surface area contributed by atoms with E-state index in [4.69, 9.17) is 0 Å². The fourth-order valence-electron chi connectivity index (χ4n) is 3.47. The van der Waals surface area contributed by atoms with Crippen molar-refractivity contribution in [3.8, 4) is 0 Å². The van der Waals surface area contributed by atoms with Crippen LogP contribution in [0.25, 0.3) is 0 Å². The van der Waals surface area contributed by atoms with Crippen LogP contribution in [0.5, 0.6) is 0 Å². The molecule has 1 heterocycles. The number of carbonyl (C=O) groups excluding carboxylic acids is 2. The summed E-state index contributed by atoms with van der Waals surface area (Å²) in [6, 6.07) is 21.3. The fourth-order valence-corrected chi connectivity index (χ4v) is 3.47. The second-order valence-corrected chi connectivity index (χ2v) is 7.24. The van der Waals surface area contributed by atoms with E-state index in [9.17, 15) is 14.0 Å². The Bertz CT molecular complexity index is 1090. The number of carbonyl (C=O) groups is 2. The van der Waals surface area contributed by atoms with Gasteiger partial charge in [-0.05, 0) is 43.3 Å². The lowest BCUT2D eigenvalue weighted by molar-refractivity contribution is -0.596. The predicted molar refractivity (Wildman–Crippen MR) is 112 cm³/mol. The van der Waals surface area contributed by atoms with Gasteiger partial charge in [0.15, 0.2) is 6.04 Å². The number of hydrogen-bond acceptors (Lipinski definition) is 2. The van der Waals surface area contributed by atoms with Crippen LogP contribution in [0.3, 0.4) is 0 Å². The van der Waals surface area contributed by atoms with Crippen LogP contribution in [-0.2, 0) is 4.79 Å². The molecule has 6 heteroatoms. The van der Waals surface area contributed by atoms with E-state index in [1.54, 1.807) is 47.3 Å². The molecule has 5 nitrogen and oxygen atoms in total. The Hall–Kier alpha value is -3.80. The molecule has 3 aromatic rings. The van der Waals surface area contributed by atoms with Crippen molar-refractivity contribution in [3.63, 3.8) is 0 Å². The van der Waals surface area contributed by atoms with Gasteiger partial charge in [-0.1, -0.05) is 48.0 Å². The zero-order valence-corrected chi connectivity index (χ0v) is 16.4. The molecule has 1 aliphatic heterocycles. The van der Waals surface area contributed by atoms with E-state index in [0.717, 1.165) is 16.7 Å². The Morgan fingerprint density at radius 1 is 1.00 bits per heavy atom. The number of hydrogen-bond donors (Lipinski definition) is 2. The average Bonchev–Trinajstić information content (AvgIpc) is 3.05. The lowest BCUT2D eigenvalue weighted by Crippen LogP contribution is -2.42. The summed E-state index contributed by atoms with van der Waals surface area (Å²) in [4.78, 5) is 25.5. The van der Waals surface area contributed by atoms with Crippen molar-refractivity contribution in [2.75, 3.05) is 0 Å². The molecule has 1 aliphatic rings. The number of amides is 2. The second-order valence-electron chi connectivity index (χ2n) is 7.24. The SMILES string of the molecule is Cc1ccc([C@@H]2[C@H](NC(=O)c3ccccc3)C(=O)N/[N+]2=C\c2ccc(F)cc2)cc1. The minimum atomic E-state index is -0.794. The highest BCUT2D eigenvalue weighted by Crippen LogP contribution is 2.26. The average molecular weight is 402 g/mol. The van der Waals surface area contributed by atoms with Gasteiger partial charge in [0.05, 0.1) is 0 Å². The van der Waals surface area contributed by atoms with Gasteiger partial charge >= 0.3 is 5.91 Å². The normalized spacial score (nSPS) is 19.5. The third kappa shape index (κ3) is 4.12. The lowest BCUT2D eigenvalue weighted by atomic mass is 9.98. The third-order valence-electron chi connectivity index (χ3n) is 5.04. The maximum Gasteiger partial charge on any atom is 0.304 e. The van der Waals surface area contributed by atoms with E-state index in [2.05, 4.69) is 10.7 Å². The zero-order chi connectivity index (χ0) is 21.1. The zero-order valence-electron chi connectivity index (χ0n) is 16.4. The van der Waals surface area contributed by atoms with Gasteiger partial charge in [-0.15, -0.1) is 10.1 Å². The van der Waals surface area contributed by atoms with Gasteiger partial charge in [0.1, 0.15) is 5.82 Å². The van der Waals surface area contributed by atoms with Crippen LogP contribution in [-0.4, -0.2) is 28.8 Å². The molecule has 3 aromatic carbocycles. The van der Waals surface area contributed by atoms with E-state index in [-0.39, 0.29) is 17.6 Å². The second kappa shape index (κ2) is 8.29. The molecule has 0 spiro atoms. The molecule has 2 N–H and O–H groups in total. The minimum Gasteiger partial charge on any atom is -0.334 e. The Kier molecular flexibility index (Phi) is 5.39. The molecular formula is C24H21FN3O2+. The summed E-state index contributed by atoms with van der Waals surface area (Å²) < 4.78 is 14.9. The van der Waals surface area contributed by atoms with Crippen LogP contribution < -0.4 is 10.7 Å². The number of hydrazine groups is 1. The fraction of sp³-hybridized carbons (Fsp3) is 0.125. The smallest absolute Gasteiger partial charge is 0.304 e. The standard InChI is InChI=1S/C24H20FN3O2/c1-16-7-11-18(12-8-16)22-21(26-23(29)19-5-3-2-4-6-19)24(30)27-28(22)15-17-9-13-20(25)14-10-17/h2-15,21-22H,1H3,(H-,26,27,29,30)/p+1/b28-15-/t21-,22+/m0/s1. The third-order valence-corrected chi connectivity index (χ3v) is 5.04. The van der Waals surface area contributed by atoms with Crippen LogP contribution in [0.1, 0.15) is 33.1 Å². The van der Waals surface area contributed by atoms with Crippen molar-refractivity contribution in [3.05, 3.63) is 107 Å². The number of halogens is 1. The summed E-state index contributed by atoms with van der Waals surface area (Å²) in [5, 5.41) is 2.86. The monoisotopic (exact) mass is 402 g/mol. The Morgan fingerprint density at radius 3 is 2.33 bits per heavy atom. The predicted octanol–water partition coefficient (Wildman–Crippen LogP) is 3.15. The highest BCUT2D eigenvalue weighted by molar-refractivity contribution is 5.98. The van der Waals surface area contributed by atoms with Gasteiger partial charge in [0, 0.05) is 16.7 Å². The van der Waals surface area contributed by atoms with Crippen molar-refractivity contribution in [1.82, 2.24) is 10.7 Å². The molecule has 2 amide bonds. The maximum atomic E-state index is 13.3. The molecule has 0 aromatic heterocycles. The van der Waals surface area contributed by atoms with Gasteiger partial charge in [0.25, 0.3) is 5.91 Å². The number of hydrazone groups is 1. The molecule has 0 aliphatic carbocycles. The number of aryl methyl sites for hydroxylation is 1. The van der Waals surface area contributed by atoms with Gasteiger partial charge in [-0.2, -0.15) is 0 Å². The molecule has 0 saturated carbocycles. The van der Waals surface area contributed by atoms with E-state index < -0.39 is 12.1 Å². The van der Waals surface area contributed by atoms with Crippen molar-refractivity contribution in [2.45, 2.75) is 19.0 Å².